The number of ether oxygens (including phenoxy) is 4. The summed E-state index contributed by atoms with van der Waals surface area (Å²) in [4.78, 5) is 27.1. The fraction of sp³-hybridized carbons (Fsp3) is 0.304. The fourth-order valence-electron chi connectivity index (χ4n) is 4.22. The lowest BCUT2D eigenvalue weighted by atomic mass is 9.83. The number of rotatable bonds is 5. The molecule has 2 aliphatic heterocycles. The van der Waals surface area contributed by atoms with Gasteiger partial charge in [-0.25, -0.2) is 4.79 Å². The van der Waals surface area contributed by atoms with E-state index in [0.29, 0.717) is 22.8 Å². The highest BCUT2D eigenvalue weighted by Gasteiger charge is 2.44. The second kappa shape index (κ2) is 8.34. The Balaban J connectivity index is 1.82. The third-order valence-corrected chi connectivity index (χ3v) is 5.68. The molecule has 0 N–H and O–H groups in total. The van der Waals surface area contributed by atoms with Gasteiger partial charge in [0.25, 0.3) is 0 Å². The monoisotopic (exact) mass is 463 g/mol. The number of benzene rings is 2. The lowest BCUT2D eigenvalue weighted by Gasteiger charge is -2.32. The second-order valence-electron chi connectivity index (χ2n) is 7.39. The Morgan fingerprint density at radius 1 is 0.939 bits per heavy atom. The van der Waals surface area contributed by atoms with Crippen molar-refractivity contribution in [1.82, 2.24) is 0 Å². The first-order valence-electron chi connectivity index (χ1n) is 9.90. The van der Waals surface area contributed by atoms with Crippen LogP contribution < -0.4 is 19.1 Å². The van der Waals surface area contributed by atoms with Crippen molar-refractivity contribution in [1.29, 1.82) is 0 Å². The number of nitrogens with zero attached hydrogens (tertiary/aromatic N) is 1. The molecule has 2 aromatic rings. The summed E-state index contributed by atoms with van der Waals surface area (Å²) < 4.78 is 60.3. The smallest absolute Gasteiger partial charge is 0.416 e. The van der Waals surface area contributed by atoms with E-state index in [1.165, 1.54) is 38.4 Å². The van der Waals surface area contributed by atoms with Crippen LogP contribution in [-0.2, 0) is 20.5 Å². The minimum absolute atomic E-state index is 0.124. The maximum Gasteiger partial charge on any atom is 0.416 e. The Morgan fingerprint density at radius 3 is 2.18 bits per heavy atom. The van der Waals surface area contributed by atoms with Gasteiger partial charge in [0.15, 0.2) is 11.5 Å². The van der Waals surface area contributed by atoms with Crippen molar-refractivity contribution in [3.8, 4) is 17.2 Å². The average molecular weight is 463 g/mol. The molecule has 0 fully saturated rings. The van der Waals surface area contributed by atoms with Gasteiger partial charge >= 0.3 is 12.1 Å². The minimum Gasteiger partial charge on any atom is -0.493 e. The highest BCUT2D eigenvalue weighted by molar-refractivity contribution is 6.06. The van der Waals surface area contributed by atoms with Gasteiger partial charge < -0.3 is 18.9 Å². The molecule has 1 amide bonds. The number of hydrogen-bond acceptors (Lipinski definition) is 6. The van der Waals surface area contributed by atoms with E-state index >= 15 is 0 Å². The molecule has 1 unspecified atom stereocenters. The summed E-state index contributed by atoms with van der Waals surface area (Å²) >= 11 is 0. The standard InChI is InChI=1S/C23H20F3NO6/c1-30-17-9-8-14(20(31-2)21(17)32-3)15-10-18(28)27(16-11-33-22(29)19(15)16)13-6-4-12(5-7-13)23(24,25)26/h4-9,15H,10-11H2,1-3H3. The number of esters is 1. The molecule has 0 aromatic heterocycles. The molecule has 0 bridgehead atoms. The van der Waals surface area contributed by atoms with E-state index in [9.17, 15) is 22.8 Å². The van der Waals surface area contributed by atoms with Crippen molar-refractivity contribution >= 4 is 17.6 Å². The van der Waals surface area contributed by atoms with Crippen LogP contribution in [0.5, 0.6) is 17.2 Å². The van der Waals surface area contributed by atoms with Crippen LogP contribution in [0.4, 0.5) is 18.9 Å². The maximum absolute atomic E-state index is 13.2. The molecule has 2 aliphatic rings. The van der Waals surface area contributed by atoms with Crippen LogP contribution in [0, 0.1) is 0 Å². The minimum atomic E-state index is -4.50. The number of amides is 1. The van der Waals surface area contributed by atoms with E-state index in [1.807, 2.05) is 0 Å². The Bertz CT molecular complexity index is 1140. The van der Waals surface area contributed by atoms with Crippen molar-refractivity contribution in [2.24, 2.45) is 0 Å². The largest absolute Gasteiger partial charge is 0.493 e. The zero-order valence-corrected chi connectivity index (χ0v) is 18.0. The zero-order chi connectivity index (χ0) is 23.9. The van der Waals surface area contributed by atoms with Crippen LogP contribution in [0.2, 0.25) is 0 Å². The van der Waals surface area contributed by atoms with Crippen LogP contribution in [-0.4, -0.2) is 39.8 Å². The normalized spacial score (nSPS) is 18.2. The molecule has 0 saturated carbocycles. The molecule has 0 saturated heterocycles. The molecular formula is C23H20F3NO6. The Kier molecular flexibility index (Phi) is 5.69. The van der Waals surface area contributed by atoms with Gasteiger partial charge in [-0.1, -0.05) is 6.07 Å². The highest BCUT2D eigenvalue weighted by Crippen LogP contribution is 2.49. The van der Waals surface area contributed by atoms with Crippen LogP contribution in [0.15, 0.2) is 47.7 Å². The number of methoxy groups -OCH3 is 3. The van der Waals surface area contributed by atoms with Crippen molar-refractivity contribution in [2.75, 3.05) is 32.8 Å². The summed E-state index contributed by atoms with van der Waals surface area (Å²) in [6.45, 7) is -0.174. The number of carbonyl (C=O) groups is 2. The van der Waals surface area contributed by atoms with Crippen LogP contribution in [0.3, 0.4) is 0 Å². The van der Waals surface area contributed by atoms with E-state index in [0.717, 1.165) is 12.1 Å². The molecule has 7 nitrogen and oxygen atoms in total. The van der Waals surface area contributed by atoms with Crippen LogP contribution in [0.1, 0.15) is 23.5 Å². The van der Waals surface area contributed by atoms with E-state index < -0.39 is 29.5 Å². The van der Waals surface area contributed by atoms with E-state index in [4.69, 9.17) is 18.9 Å². The van der Waals surface area contributed by atoms with Gasteiger partial charge in [-0.2, -0.15) is 13.2 Å². The molecule has 0 aliphatic carbocycles. The van der Waals surface area contributed by atoms with Gasteiger partial charge in [0, 0.05) is 23.6 Å². The van der Waals surface area contributed by atoms with Gasteiger partial charge in [-0.15, -0.1) is 0 Å². The summed E-state index contributed by atoms with van der Waals surface area (Å²) in [6.07, 6.45) is -4.63. The molecule has 10 heteroatoms. The first-order chi connectivity index (χ1) is 15.7. The Labute approximate surface area is 187 Å². The first-order valence-corrected chi connectivity index (χ1v) is 9.90. The van der Waals surface area contributed by atoms with E-state index in [1.54, 1.807) is 12.1 Å². The van der Waals surface area contributed by atoms with Gasteiger partial charge in [-0.3, -0.25) is 9.69 Å². The lowest BCUT2D eigenvalue weighted by Crippen LogP contribution is -2.37. The molecule has 0 spiro atoms. The summed E-state index contributed by atoms with van der Waals surface area (Å²) in [5.41, 5.74) is 0.452. The molecule has 0 radical (unpaired) electrons. The van der Waals surface area contributed by atoms with Crippen molar-refractivity contribution in [2.45, 2.75) is 18.5 Å². The quantitative estimate of drug-likeness (QED) is 0.623. The first kappa shape index (κ1) is 22.5. The van der Waals surface area contributed by atoms with Gasteiger partial charge in [0.2, 0.25) is 11.7 Å². The third-order valence-electron chi connectivity index (χ3n) is 5.68. The third kappa shape index (κ3) is 3.75. The topological polar surface area (TPSA) is 74.3 Å². The summed E-state index contributed by atoms with van der Waals surface area (Å²) in [6, 6.07) is 7.51. The van der Waals surface area contributed by atoms with Gasteiger partial charge in [0.1, 0.15) is 6.61 Å². The van der Waals surface area contributed by atoms with Crippen LogP contribution in [0.25, 0.3) is 0 Å². The second-order valence-corrected chi connectivity index (χ2v) is 7.39. The number of halogens is 3. The molecule has 1 atom stereocenters. The average Bonchev–Trinajstić information content (AvgIpc) is 3.18. The molecule has 2 aromatic carbocycles. The molecular weight excluding hydrogens is 443 g/mol. The van der Waals surface area contributed by atoms with Gasteiger partial charge in [0.05, 0.1) is 38.2 Å². The number of alkyl halides is 3. The van der Waals surface area contributed by atoms with Crippen molar-refractivity contribution in [3.05, 3.63) is 58.8 Å². The van der Waals surface area contributed by atoms with Crippen molar-refractivity contribution < 1.29 is 41.7 Å². The molecule has 33 heavy (non-hydrogen) atoms. The van der Waals surface area contributed by atoms with E-state index in [-0.39, 0.29) is 30.0 Å². The highest BCUT2D eigenvalue weighted by atomic mass is 19.4. The predicted octanol–water partition coefficient (Wildman–Crippen LogP) is 4.06. The maximum atomic E-state index is 13.2. The zero-order valence-electron chi connectivity index (χ0n) is 18.0. The molecule has 174 valence electrons. The summed E-state index contributed by atoms with van der Waals surface area (Å²) in [7, 11) is 4.34. The number of cyclic esters (lactones) is 1. The molecule has 2 heterocycles. The number of anilines is 1. The Morgan fingerprint density at radius 2 is 1.61 bits per heavy atom. The van der Waals surface area contributed by atoms with Crippen molar-refractivity contribution in [3.63, 3.8) is 0 Å². The number of hydrogen-bond donors (Lipinski definition) is 0. The summed E-state index contributed by atoms with van der Waals surface area (Å²) in [5, 5.41) is 0. The van der Waals surface area contributed by atoms with Gasteiger partial charge in [-0.05, 0) is 30.3 Å². The van der Waals surface area contributed by atoms with Crippen LogP contribution >= 0.6 is 0 Å². The summed E-state index contributed by atoms with van der Waals surface area (Å²) in [5.74, 6) is -0.657. The van der Waals surface area contributed by atoms with E-state index in [2.05, 4.69) is 0 Å². The molecule has 4 rings (SSSR count). The predicted molar refractivity (Wildman–Crippen MR) is 110 cm³/mol. The number of carbonyl (C=O) groups excluding carboxylic acids is 2. The fourth-order valence-corrected chi connectivity index (χ4v) is 4.22. The lowest BCUT2D eigenvalue weighted by molar-refractivity contribution is -0.138. The SMILES string of the molecule is COc1ccc(C2CC(=O)N(c3ccc(C(F)(F)F)cc3)C3=C2C(=O)OC3)c(OC)c1OC. The Hall–Kier alpha value is -3.69.